The van der Waals surface area contributed by atoms with Crippen LogP contribution in [0.3, 0.4) is 0 Å². The summed E-state index contributed by atoms with van der Waals surface area (Å²) in [5.41, 5.74) is 1.42. The summed E-state index contributed by atoms with van der Waals surface area (Å²) in [5.74, 6) is 0. The summed E-state index contributed by atoms with van der Waals surface area (Å²) in [6.07, 6.45) is 2.58. The van der Waals surface area contributed by atoms with Gasteiger partial charge in [0.1, 0.15) is 0 Å². The van der Waals surface area contributed by atoms with Crippen LogP contribution >= 0.6 is 0 Å². The maximum absolute atomic E-state index is 3.67. The van der Waals surface area contributed by atoms with Crippen LogP contribution < -0.4 is 0 Å². The zero-order valence-electron chi connectivity index (χ0n) is 4.62. The van der Waals surface area contributed by atoms with Crippen LogP contribution in [0.2, 0.25) is 0 Å². The van der Waals surface area contributed by atoms with Crippen LogP contribution in [-0.2, 0) is 0 Å². The van der Waals surface area contributed by atoms with Crippen molar-refractivity contribution in [1.29, 1.82) is 0 Å². The highest BCUT2D eigenvalue weighted by Crippen LogP contribution is 2.23. The molecule has 1 fully saturated rings. The summed E-state index contributed by atoms with van der Waals surface area (Å²) >= 11 is 0. The van der Waals surface area contributed by atoms with Crippen LogP contribution in [-0.4, -0.2) is 0 Å². The van der Waals surface area contributed by atoms with E-state index in [-0.39, 0.29) is 0 Å². The first-order valence-corrected chi connectivity index (χ1v) is 2.56. The Morgan fingerprint density at radius 3 is 1.50 bits per heavy atom. The van der Waals surface area contributed by atoms with Gasteiger partial charge in [-0.3, -0.25) is 0 Å². The molecule has 0 spiro atoms. The zero-order chi connectivity index (χ0) is 4.99. The van der Waals surface area contributed by atoms with Crippen LogP contribution in [0.5, 0.6) is 0 Å². The third kappa shape index (κ3) is 3.74. The molecule has 36 valence electrons. The molecule has 0 nitrogen and oxygen atoms in total. The van der Waals surface area contributed by atoms with E-state index in [1.54, 1.807) is 0 Å². The van der Waals surface area contributed by atoms with E-state index >= 15 is 0 Å². The van der Waals surface area contributed by atoms with Crippen LogP contribution in [0.4, 0.5) is 0 Å². The molecule has 1 aliphatic rings. The topological polar surface area (TPSA) is 0 Å². The highest BCUT2D eigenvalue weighted by atomic mass is 14.1. The Bertz CT molecular complexity index is 38.0. The SMILES string of the molecule is C=C1CC1.CC. The quantitative estimate of drug-likeness (QED) is 0.395. The Hall–Kier alpha value is -0.260. The van der Waals surface area contributed by atoms with E-state index in [2.05, 4.69) is 6.58 Å². The van der Waals surface area contributed by atoms with Crippen LogP contribution in [0, 0.1) is 0 Å². The molecule has 0 heterocycles. The maximum atomic E-state index is 3.67. The van der Waals surface area contributed by atoms with E-state index in [0.717, 1.165) is 0 Å². The van der Waals surface area contributed by atoms with E-state index < -0.39 is 0 Å². The summed E-state index contributed by atoms with van der Waals surface area (Å²) in [7, 11) is 0. The molecule has 0 aromatic rings. The van der Waals surface area contributed by atoms with Gasteiger partial charge in [0.05, 0.1) is 0 Å². The second-order valence-corrected chi connectivity index (χ2v) is 1.25. The van der Waals surface area contributed by atoms with Gasteiger partial charge >= 0.3 is 0 Å². The van der Waals surface area contributed by atoms with Gasteiger partial charge in [0, 0.05) is 0 Å². The normalized spacial score (nSPS) is 15.3. The Balaban J connectivity index is 0.000000112. The third-order valence-electron chi connectivity index (χ3n) is 0.604. The molecule has 0 aromatic heterocycles. The van der Waals surface area contributed by atoms with Crippen molar-refractivity contribution in [3.63, 3.8) is 0 Å². The molecular weight excluding hydrogens is 72.1 g/mol. The Kier molecular flexibility index (Phi) is 2.82. The van der Waals surface area contributed by atoms with Gasteiger partial charge in [0.2, 0.25) is 0 Å². The fraction of sp³-hybridized carbons (Fsp3) is 0.667. The molecule has 1 rings (SSSR count). The fourth-order valence-electron chi connectivity index (χ4n) is 0.0884. The van der Waals surface area contributed by atoms with Gasteiger partial charge in [0.15, 0.2) is 0 Å². The molecule has 0 aliphatic heterocycles. The molecule has 0 unspecified atom stereocenters. The highest BCUT2D eigenvalue weighted by molar-refractivity contribution is 5.09. The largest absolute Gasteiger partial charge is 0.0998 e. The predicted molar refractivity (Wildman–Crippen MR) is 29.7 cm³/mol. The van der Waals surface area contributed by atoms with E-state index in [9.17, 15) is 0 Å². The first-order valence-electron chi connectivity index (χ1n) is 2.56. The van der Waals surface area contributed by atoms with Crippen molar-refractivity contribution in [2.45, 2.75) is 26.7 Å². The van der Waals surface area contributed by atoms with Gasteiger partial charge in [-0.15, -0.1) is 0 Å². The number of hydrogen-bond acceptors (Lipinski definition) is 0. The Morgan fingerprint density at radius 2 is 1.50 bits per heavy atom. The van der Waals surface area contributed by atoms with Gasteiger partial charge in [0.25, 0.3) is 0 Å². The van der Waals surface area contributed by atoms with Crippen molar-refractivity contribution < 1.29 is 0 Å². The Labute approximate surface area is 39.9 Å². The second-order valence-electron chi connectivity index (χ2n) is 1.25. The predicted octanol–water partition coefficient (Wildman–Crippen LogP) is 2.36. The standard InChI is InChI=1S/C4H6.C2H6/c1-4-2-3-4;1-2/h1-3H2;1-2H3. The summed E-state index contributed by atoms with van der Waals surface area (Å²) in [5, 5.41) is 0. The van der Waals surface area contributed by atoms with E-state index in [1.165, 1.54) is 18.4 Å². The Morgan fingerprint density at radius 1 is 1.33 bits per heavy atom. The fourth-order valence-corrected chi connectivity index (χ4v) is 0.0884. The maximum Gasteiger partial charge on any atom is -0.0286 e. The molecule has 1 aliphatic carbocycles. The lowest BCUT2D eigenvalue weighted by Crippen LogP contribution is -1.12. The molecule has 0 bridgehead atoms. The number of rotatable bonds is 0. The smallest absolute Gasteiger partial charge is 0.0286 e. The lowest BCUT2D eigenvalue weighted by molar-refractivity contribution is 1.50. The summed E-state index contributed by atoms with van der Waals surface area (Å²) in [6.45, 7) is 7.67. The molecule has 1 saturated carbocycles. The molecule has 0 atom stereocenters. The average molecular weight is 84.2 g/mol. The van der Waals surface area contributed by atoms with Gasteiger partial charge in [-0.05, 0) is 12.8 Å². The minimum Gasteiger partial charge on any atom is -0.0998 e. The minimum atomic E-state index is 1.29. The van der Waals surface area contributed by atoms with Crippen LogP contribution in [0.15, 0.2) is 12.2 Å². The molecule has 6 heavy (non-hydrogen) atoms. The van der Waals surface area contributed by atoms with Gasteiger partial charge < -0.3 is 0 Å². The molecule has 0 radical (unpaired) electrons. The first kappa shape index (κ1) is 5.74. The number of hydrogen-bond donors (Lipinski definition) is 0. The lowest BCUT2D eigenvalue weighted by Gasteiger charge is -1.34. The number of allylic oxidation sites excluding steroid dienone is 1. The van der Waals surface area contributed by atoms with Crippen molar-refractivity contribution in [1.82, 2.24) is 0 Å². The molecule has 0 N–H and O–H groups in total. The molecular formula is C6H12. The summed E-state index contributed by atoms with van der Waals surface area (Å²) in [4.78, 5) is 0. The molecule has 0 amide bonds. The minimum absolute atomic E-state index is 1.29. The van der Waals surface area contributed by atoms with Crippen molar-refractivity contribution >= 4 is 0 Å². The van der Waals surface area contributed by atoms with E-state index in [0.29, 0.717) is 0 Å². The van der Waals surface area contributed by atoms with Crippen molar-refractivity contribution in [2.24, 2.45) is 0 Å². The van der Waals surface area contributed by atoms with Crippen molar-refractivity contribution in [3.05, 3.63) is 12.2 Å². The third-order valence-corrected chi connectivity index (χ3v) is 0.604. The summed E-state index contributed by atoms with van der Waals surface area (Å²) < 4.78 is 0. The lowest BCUT2D eigenvalue weighted by atomic mass is 10.7. The van der Waals surface area contributed by atoms with Gasteiger partial charge in [-0.2, -0.15) is 0 Å². The molecule has 0 saturated heterocycles. The van der Waals surface area contributed by atoms with E-state index in [1.807, 2.05) is 13.8 Å². The monoisotopic (exact) mass is 84.1 g/mol. The summed E-state index contributed by atoms with van der Waals surface area (Å²) in [6, 6.07) is 0. The van der Waals surface area contributed by atoms with Crippen LogP contribution in [0.1, 0.15) is 26.7 Å². The molecule has 0 heteroatoms. The van der Waals surface area contributed by atoms with Crippen molar-refractivity contribution in [3.8, 4) is 0 Å². The van der Waals surface area contributed by atoms with E-state index in [4.69, 9.17) is 0 Å². The van der Waals surface area contributed by atoms with Crippen LogP contribution in [0.25, 0.3) is 0 Å². The van der Waals surface area contributed by atoms with Gasteiger partial charge in [-0.25, -0.2) is 0 Å². The second kappa shape index (κ2) is 2.95. The molecule has 0 aromatic carbocycles. The average Bonchev–Trinajstić information content (AvgIpc) is 2.30. The van der Waals surface area contributed by atoms with Gasteiger partial charge in [-0.1, -0.05) is 26.0 Å². The highest BCUT2D eigenvalue weighted by Gasteiger charge is 2.04. The van der Waals surface area contributed by atoms with Crippen molar-refractivity contribution in [2.75, 3.05) is 0 Å². The first-order chi connectivity index (χ1) is 2.89. The zero-order valence-corrected chi connectivity index (χ0v) is 4.62.